The predicted octanol–water partition coefficient (Wildman–Crippen LogP) is 4.78. The van der Waals surface area contributed by atoms with E-state index in [1.54, 1.807) is 0 Å². The summed E-state index contributed by atoms with van der Waals surface area (Å²) < 4.78 is 0. The van der Waals surface area contributed by atoms with E-state index in [0.29, 0.717) is 6.04 Å². The molecule has 0 spiro atoms. The molecule has 0 aromatic heterocycles. The molecule has 4 unspecified atom stereocenters. The first-order chi connectivity index (χ1) is 9.85. The van der Waals surface area contributed by atoms with Crippen molar-refractivity contribution in [2.24, 2.45) is 11.8 Å². The predicted molar refractivity (Wildman–Crippen MR) is 87.7 cm³/mol. The minimum atomic E-state index is 0.711. The Hall–Kier alpha value is -1.04. The molecule has 2 rings (SSSR count). The largest absolute Gasteiger partial charge is 0.311 e. The molecule has 2 aliphatic rings. The van der Waals surface area contributed by atoms with Crippen molar-refractivity contribution in [3.05, 3.63) is 43.2 Å². The molecule has 1 N–H and O–H groups in total. The minimum absolute atomic E-state index is 0.711. The maximum atomic E-state index is 3.92. The molecule has 2 fully saturated rings. The summed E-state index contributed by atoms with van der Waals surface area (Å²) in [6, 6.07) is 1.47. The van der Waals surface area contributed by atoms with E-state index in [4.69, 9.17) is 0 Å². The van der Waals surface area contributed by atoms with E-state index in [1.165, 1.54) is 44.9 Å². The van der Waals surface area contributed by atoms with Gasteiger partial charge in [0.15, 0.2) is 0 Å². The van der Waals surface area contributed by atoms with Crippen LogP contribution < -0.4 is 5.32 Å². The molecule has 0 aromatic rings. The summed E-state index contributed by atoms with van der Waals surface area (Å²) in [4.78, 5) is 0. The summed E-state index contributed by atoms with van der Waals surface area (Å²) in [5, 5.41) is 3.92. The molecule has 4 atom stereocenters. The van der Waals surface area contributed by atoms with Crippen molar-refractivity contribution >= 4 is 0 Å². The van der Waals surface area contributed by atoms with Gasteiger partial charge >= 0.3 is 0 Å². The van der Waals surface area contributed by atoms with E-state index in [9.17, 15) is 0 Å². The minimum Gasteiger partial charge on any atom is -0.311 e. The second-order valence-electron chi connectivity index (χ2n) is 6.29. The number of fused-ring (bicyclic) bond motifs is 1. The van der Waals surface area contributed by atoms with E-state index in [0.717, 1.165) is 24.3 Å². The van der Waals surface area contributed by atoms with Crippen LogP contribution in [0.1, 0.15) is 51.4 Å². The number of piperidine rings is 1. The van der Waals surface area contributed by atoms with E-state index < -0.39 is 0 Å². The van der Waals surface area contributed by atoms with Crippen LogP contribution in [0.25, 0.3) is 0 Å². The molecule has 0 radical (unpaired) electrons. The molecule has 0 bridgehead atoms. The van der Waals surface area contributed by atoms with Crippen molar-refractivity contribution in [2.45, 2.75) is 63.5 Å². The van der Waals surface area contributed by atoms with Crippen molar-refractivity contribution in [2.75, 3.05) is 0 Å². The second-order valence-corrected chi connectivity index (χ2v) is 6.29. The Kier molecular flexibility index (Phi) is 6.36. The van der Waals surface area contributed by atoms with Gasteiger partial charge in [0, 0.05) is 12.1 Å². The molecule has 1 nitrogen and oxygen atoms in total. The van der Waals surface area contributed by atoms with E-state index >= 15 is 0 Å². The van der Waals surface area contributed by atoms with Gasteiger partial charge in [-0.25, -0.2) is 0 Å². The normalized spacial score (nSPS) is 33.4. The summed E-state index contributed by atoms with van der Waals surface area (Å²) in [5.74, 6) is 1.77. The Bertz CT molecular complexity index is 375. The highest BCUT2D eigenvalue weighted by Gasteiger charge is 2.36. The lowest BCUT2D eigenvalue weighted by atomic mass is 9.69. The molecule has 0 aromatic carbocycles. The lowest BCUT2D eigenvalue weighted by Crippen LogP contribution is -2.51. The SMILES string of the molecule is C=C=CCCC1CCC2C(CC=CC=C)CCCC2N1. The molecule has 1 saturated heterocycles. The maximum absolute atomic E-state index is 3.92. The second kappa shape index (κ2) is 8.29. The van der Waals surface area contributed by atoms with Crippen molar-refractivity contribution in [1.82, 2.24) is 5.32 Å². The third-order valence-corrected chi connectivity index (χ3v) is 5.03. The van der Waals surface area contributed by atoms with Gasteiger partial charge in [0.05, 0.1) is 0 Å². The standard InChI is InChI=1S/C19H29N/c1-3-5-7-10-16-11-9-13-19-18(16)15-14-17(20-19)12-8-6-4-2/h3,5-7,16-20H,1-2,8-15H2. The molecular weight excluding hydrogens is 242 g/mol. The fraction of sp³-hybridized carbons (Fsp3) is 0.632. The summed E-state index contributed by atoms with van der Waals surface area (Å²) in [5.41, 5.74) is 2.88. The Balaban J connectivity index is 1.84. The topological polar surface area (TPSA) is 12.0 Å². The average molecular weight is 271 g/mol. The smallest absolute Gasteiger partial charge is 0.0101 e. The maximum Gasteiger partial charge on any atom is 0.0101 e. The Morgan fingerprint density at radius 2 is 2.10 bits per heavy atom. The van der Waals surface area contributed by atoms with Gasteiger partial charge < -0.3 is 5.32 Å². The third kappa shape index (κ3) is 4.23. The first-order valence-electron chi connectivity index (χ1n) is 8.23. The van der Waals surface area contributed by atoms with Crippen LogP contribution in [0.5, 0.6) is 0 Å². The van der Waals surface area contributed by atoms with Gasteiger partial charge in [-0.05, 0) is 62.9 Å². The van der Waals surface area contributed by atoms with Gasteiger partial charge in [0.1, 0.15) is 0 Å². The van der Waals surface area contributed by atoms with Gasteiger partial charge in [-0.3, -0.25) is 0 Å². The number of nitrogens with one attached hydrogen (secondary N) is 1. The summed E-state index contributed by atoms with van der Waals surface area (Å²) >= 11 is 0. The van der Waals surface area contributed by atoms with Gasteiger partial charge in [0.2, 0.25) is 0 Å². The van der Waals surface area contributed by atoms with Crippen LogP contribution in [0, 0.1) is 11.8 Å². The molecule has 0 amide bonds. The van der Waals surface area contributed by atoms with Gasteiger partial charge in [-0.15, -0.1) is 5.73 Å². The van der Waals surface area contributed by atoms with Crippen molar-refractivity contribution < 1.29 is 0 Å². The van der Waals surface area contributed by atoms with Crippen molar-refractivity contribution in [3.8, 4) is 0 Å². The van der Waals surface area contributed by atoms with E-state index in [2.05, 4.69) is 42.4 Å². The van der Waals surface area contributed by atoms with Crippen LogP contribution in [0.4, 0.5) is 0 Å². The Morgan fingerprint density at radius 3 is 2.90 bits per heavy atom. The van der Waals surface area contributed by atoms with Gasteiger partial charge in [-0.2, -0.15) is 0 Å². The Labute approximate surface area is 124 Å². The highest BCUT2D eigenvalue weighted by Crippen LogP contribution is 2.39. The molecule has 1 aliphatic carbocycles. The first-order valence-corrected chi connectivity index (χ1v) is 8.23. The zero-order valence-electron chi connectivity index (χ0n) is 12.7. The highest BCUT2D eigenvalue weighted by atomic mass is 15.0. The van der Waals surface area contributed by atoms with Crippen LogP contribution >= 0.6 is 0 Å². The summed E-state index contributed by atoms with van der Waals surface area (Å²) in [6.07, 6.45) is 18.9. The Morgan fingerprint density at radius 1 is 1.20 bits per heavy atom. The van der Waals surface area contributed by atoms with Crippen molar-refractivity contribution in [3.63, 3.8) is 0 Å². The number of rotatable bonds is 6. The number of hydrogen-bond donors (Lipinski definition) is 1. The zero-order chi connectivity index (χ0) is 14.2. The summed E-state index contributed by atoms with van der Waals surface area (Å²) in [7, 11) is 0. The van der Waals surface area contributed by atoms with E-state index in [-0.39, 0.29) is 0 Å². The molecule has 1 heteroatoms. The van der Waals surface area contributed by atoms with Crippen LogP contribution in [0.2, 0.25) is 0 Å². The molecular formula is C19H29N. The highest BCUT2D eigenvalue weighted by molar-refractivity contribution is 5.01. The summed E-state index contributed by atoms with van der Waals surface area (Å²) in [6.45, 7) is 7.40. The van der Waals surface area contributed by atoms with Crippen LogP contribution in [0.3, 0.4) is 0 Å². The zero-order valence-corrected chi connectivity index (χ0v) is 12.7. The monoisotopic (exact) mass is 271 g/mol. The molecule has 110 valence electrons. The lowest BCUT2D eigenvalue weighted by molar-refractivity contribution is 0.114. The fourth-order valence-corrected chi connectivity index (χ4v) is 4.04. The van der Waals surface area contributed by atoms with Crippen molar-refractivity contribution in [1.29, 1.82) is 0 Å². The number of allylic oxidation sites excluding steroid dienone is 4. The third-order valence-electron chi connectivity index (χ3n) is 5.03. The van der Waals surface area contributed by atoms with Crippen LogP contribution in [-0.2, 0) is 0 Å². The lowest BCUT2D eigenvalue weighted by Gasteiger charge is -2.44. The molecule has 1 saturated carbocycles. The molecule has 1 heterocycles. The molecule has 1 aliphatic heterocycles. The quantitative estimate of drug-likeness (QED) is 0.541. The van der Waals surface area contributed by atoms with E-state index in [1.807, 2.05) is 6.08 Å². The average Bonchev–Trinajstić information content (AvgIpc) is 2.48. The van der Waals surface area contributed by atoms with Gasteiger partial charge in [0.25, 0.3) is 0 Å². The number of hydrogen-bond acceptors (Lipinski definition) is 1. The van der Waals surface area contributed by atoms with Gasteiger partial charge in [-0.1, -0.05) is 37.8 Å². The van der Waals surface area contributed by atoms with Crippen LogP contribution in [0.15, 0.2) is 43.2 Å². The van der Waals surface area contributed by atoms with Crippen LogP contribution in [-0.4, -0.2) is 12.1 Å². The molecule has 20 heavy (non-hydrogen) atoms. The fourth-order valence-electron chi connectivity index (χ4n) is 4.04. The first kappa shape index (κ1) is 15.4.